The van der Waals surface area contributed by atoms with Crippen LogP contribution >= 0.6 is 12.4 Å². The lowest BCUT2D eigenvalue weighted by Gasteiger charge is -1.93. The predicted octanol–water partition coefficient (Wildman–Crippen LogP) is 0.972. The summed E-state index contributed by atoms with van der Waals surface area (Å²) in [7, 11) is 1.85. The van der Waals surface area contributed by atoms with E-state index in [-0.39, 0.29) is 12.4 Å². The maximum absolute atomic E-state index is 5.53. The number of aromatic nitrogens is 3. The van der Waals surface area contributed by atoms with Crippen molar-refractivity contribution in [2.45, 2.75) is 0 Å². The van der Waals surface area contributed by atoms with Crippen molar-refractivity contribution in [3.8, 4) is 0 Å². The number of anilines is 1. The van der Waals surface area contributed by atoms with E-state index >= 15 is 0 Å². The second kappa shape index (κ2) is 2.98. The molecule has 0 saturated heterocycles. The Morgan fingerprint density at radius 3 is 2.92 bits per heavy atom. The molecule has 2 rings (SSSR count). The number of nitrogens with zero attached hydrogens (tertiary/aromatic N) is 3. The molecule has 0 unspecified atom stereocenters. The number of rotatable bonds is 0. The van der Waals surface area contributed by atoms with E-state index in [0.717, 1.165) is 11.0 Å². The molecule has 0 aliphatic carbocycles. The molecule has 64 valence electrons. The minimum absolute atomic E-state index is 0. The molecule has 12 heavy (non-hydrogen) atoms. The fourth-order valence-corrected chi connectivity index (χ4v) is 1.06. The van der Waals surface area contributed by atoms with Crippen molar-refractivity contribution in [1.82, 2.24) is 14.8 Å². The van der Waals surface area contributed by atoms with E-state index < -0.39 is 0 Å². The molecule has 0 atom stereocenters. The van der Waals surface area contributed by atoms with Gasteiger partial charge in [-0.2, -0.15) is 5.10 Å². The van der Waals surface area contributed by atoms with Gasteiger partial charge < -0.3 is 5.73 Å². The largest absolute Gasteiger partial charge is 0.397 e. The zero-order valence-corrected chi connectivity index (χ0v) is 7.38. The average Bonchev–Trinajstić information content (AvgIpc) is 2.32. The van der Waals surface area contributed by atoms with Crippen LogP contribution in [0.15, 0.2) is 18.5 Å². The molecule has 0 amide bonds. The van der Waals surface area contributed by atoms with Gasteiger partial charge in [0.05, 0.1) is 18.1 Å². The SMILES string of the molecule is Cl.Cn1ncc2cc(N)cnc21. The van der Waals surface area contributed by atoms with Gasteiger partial charge in [0.2, 0.25) is 0 Å². The van der Waals surface area contributed by atoms with E-state index in [9.17, 15) is 0 Å². The number of nitrogen functional groups attached to an aromatic ring is 1. The van der Waals surface area contributed by atoms with Gasteiger partial charge in [-0.15, -0.1) is 12.4 Å². The van der Waals surface area contributed by atoms with E-state index in [2.05, 4.69) is 10.1 Å². The van der Waals surface area contributed by atoms with Gasteiger partial charge in [0.15, 0.2) is 5.65 Å². The first-order valence-electron chi connectivity index (χ1n) is 3.30. The van der Waals surface area contributed by atoms with Crippen LogP contribution in [0.3, 0.4) is 0 Å². The lowest BCUT2D eigenvalue weighted by atomic mass is 10.3. The van der Waals surface area contributed by atoms with E-state index in [4.69, 9.17) is 5.73 Å². The Morgan fingerprint density at radius 2 is 2.17 bits per heavy atom. The molecule has 2 heterocycles. The van der Waals surface area contributed by atoms with Crippen LogP contribution in [0.2, 0.25) is 0 Å². The summed E-state index contributed by atoms with van der Waals surface area (Å²) in [5.74, 6) is 0. The molecule has 0 fully saturated rings. The highest BCUT2D eigenvalue weighted by Crippen LogP contribution is 2.11. The van der Waals surface area contributed by atoms with Gasteiger partial charge in [-0.25, -0.2) is 4.98 Å². The zero-order valence-electron chi connectivity index (χ0n) is 6.56. The zero-order chi connectivity index (χ0) is 7.84. The standard InChI is InChI=1S/C7H8N4.ClH/c1-11-7-5(3-10-11)2-6(8)4-9-7;/h2-4H,8H2,1H3;1H. The molecule has 0 aliphatic rings. The monoisotopic (exact) mass is 184 g/mol. The lowest BCUT2D eigenvalue weighted by Crippen LogP contribution is -1.92. The summed E-state index contributed by atoms with van der Waals surface area (Å²) in [6, 6.07) is 1.86. The molecule has 0 aliphatic heterocycles. The summed E-state index contributed by atoms with van der Waals surface area (Å²) in [6.45, 7) is 0. The van der Waals surface area contributed by atoms with Crippen molar-refractivity contribution >= 4 is 29.1 Å². The predicted molar refractivity (Wildman–Crippen MR) is 50.2 cm³/mol. The van der Waals surface area contributed by atoms with Crippen molar-refractivity contribution in [3.05, 3.63) is 18.5 Å². The first kappa shape index (κ1) is 8.80. The van der Waals surface area contributed by atoms with Crippen molar-refractivity contribution in [3.63, 3.8) is 0 Å². The maximum atomic E-state index is 5.53. The van der Waals surface area contributed by atoms with Gasteiger partial charge in [-0.1, -0.05) is 0 Å². The van der Waals surface area contributed by atoms with Gasteiger partial charge in [0, 0.05) is 12.4 Å². The van der Waals surface area contributed by atoms with Crippen LogP contribution in [0.25, 0.3) is 11.0 Å². The quantitative estimate of drug-likeness (QED) is 0.664. The molecule has 2 N–H and O–H groups in total. The highest BCUT2D eigenvalue weighted by Gasteiger charge is 1.98. The van der Waals surface area contributed by atoms with E-state index in [1.54, 1.807) is 17.1 Å². The third-order valence-electron chi connectivity index (χ3n) is 1.59. The Morgan fingerprint density at radius 1 is 1.42 bits per heavy atom. The fourth-order valence-electron chi connectivity index (χ4n) is 1.06. The molecular formula is C7H9ClN4. The van der Waals surface area contributed by atoms with Crippen LogP contribution in [0.1, 0.15) is 0 Å². The molecule has 2 aromatic rings. The molecule has 5 heteroatoms. The number of hydrogen-bond acceptors (Lipinski definition) is 3. The summed E-state index contributed by atoms with van der Waals surface area (Å²) < 4.78 is 1.72. The summed E-state index contributed by atoms with van der Waals surface area (Å²) in [4.78, 5) is 4.12. The number of pyridine rings is 1. The van der Waals surface area contributed by atoms with E-state index in [0.29, 0.717) is 5.69 Å². The minimum atomic E-state index is 0. The van der Waals surface area contributed by atoms with Crippen LogP contribution in [0, 0.1) is 0 Å². The van der Waals surface area contributed by atoms with Gasteiger partial charge in [-0.3, -0.25) is 4.68 Å². The van der Waals surface area contributed by atoms with Crippen LogP contribution in [0.4, 0.5) is 5.69 Å². The first-order chi connectivity index (χ1) is 5.27. The van der Waals surface area contributed by atoms with Gasteiger partial charge in [0.25, 0.3) is 0 Å². The molecule has 0 saturated carbocycles. The molecule has 0 aromatic carbocycles. The Balaban J connectivity index is 0.000000720. The fraction of sp³-hybridized carbons (Fsp3) is 0.143. The topological polar surface area (TPSA) is 56.7 Å². The second-order valence-electron chi connectivity index (χ2n) is 2.45. The van der Waals surface area contributed by atoms with E-state index in [1.807, 2.05) is 13.1 Å². The molecule has 2 aromatic heterocycles. The van der Waals surface area contributed by atoms with Gasteiger partial charge in [0.1, 0.15) is 0 Å². The lowest BCUT2D eigenvalue weighted by molar-refractivity contribution is 0.786. The molecule has 0 radical (unpaired) electrons. The average molecular weight is 185 g/mol. The Bertz CT molecular complexity index is 395. The van der Waals surface area contributed by atoms with Crippen molar-refractivity contribution < 1.29 is 0 Å². The molecule has 4 nitrogen and oxygen atoms in total. The smallest absolute Gasteiger partial charge is 0.157 e. The minimum Gasteiger partial charge on any atom is -0.397 e. The maximum Gasteiger partial charge on any atom is 0.157 e. The summed E-state index contributed by atoms with van der Waals surface area (Å²) in [5, 5.41) is 5.01. The summed E-state index contributed by atoms with van der Waals surface area (Å²) >= 11 is 0. The second-order valence-corrected chi connectivity index (χ2v) is 2.45. The van der Waals surface area contributed by atoms with Crippen LogP contribution in [-0.4, -0.2) is 14.8 Å². The van der Waals surface area contributed by atoms with Crippen LogP contribution in [0.5, 0.6) is 0 Å². The van der Waals surface area contributed by atoms with Gasteiger partial charge in [-0.05, 0) is 6.07 Å². The van der Waals surface area contributed by atoms with Crippen molar-refractivity contribution in [2.24, 2.45) is 7.05 Å². The highest BCUT2D eigenvalue weighted by molar-refractivity contribution is 5.85. The van der Waals surface area contributed by atoms with Crippen molar-refractivity contribution in [2.75, 3.05) is 5.73 Å². The first-order valence-corrected chi connectivity index (χ1v) is 3.30. The Kier molecular flexibility index (Phi) is 2.19. The third kappa shape index (κ3) is 1.21. The molecule has 0 bridgehead atoms. The normalized spacial score (nSPS) is 9.75. The highest BCUT2D eigenvalue weighted by atomic mass is 35.5. The number of hydrogen-bond donors (Lipinski definition) is 1. The molecule has 0 spiro atoms. The van der Waals surface area contributed by atoms with Crippen molar-refractivity contribution in [1.29, 1.82) is 0 Å². The summed E-state index contributed by atoms with van der Waals surface area (Å²) in [6.07, 6.45) is 3.38. The third-order valence-corrected chi connectivity index (χ3v) is 1.59. The Labute approximate surface area is 75.8 Å². The van der Waals surface area contributed by atoms with Gasteiger partial charge >= 0.3 is 0 Å². The summed E-state index contributed by atoms with van der Waals surface area (Å²) in [5.41, 5.74) is 7.07. The van der Waals surface area contributed by atoms with E-state index in [1.165, 1.54) is 0 Å². The molecular weight excluding hydrogens is 176 g/mol. The van der Waals surface area contributed by atoms with Crippen LogP contribution < -0.4 is 5.73 Å². The number of fused-ring (bicyclic) bond motifs is 1. The number of aryl methyl sites for hydroxylation is 1. The van der Waals surface area contributed by atoms with Crippen LogP contribution in [-0.2, 0) is 7.05 Å². The number of halogens is 1. The Hall–Kier alpha value is -1.29. The number of nitrogens with two attached hydrogens (primary N) is 1.